The standard InChI is InChI=1S/C28H30F5N3O8/c1-5-10(2)24-28(42)43-12(4)21(36-26(40)22-15(37)7-6-8-34-22)25(39)35-14(23(38)11(3)27(41)44-24)9-13-16(29)18(31)20(33)19(32)17(13)30/h6-8,10-12,14,21,23-24,37-38H,5,9H2,1-4H3,(H,35,39)(H,36,40)/t10?,11-,12-,14+,21+,23+,24?/m1/s1. The van der Waals surface area contributed by atoms with Gasteiger partial charge in [0.2, 0.25) is 17.8 Å². The summed E-state index contributed by atoms with van der Waals surface area (Å²) in [5.74, 6) is -19.0. The first-order chi connectivity index (χ1) is 20.6. The van der Waals surface area contributed by atoms with Gasteiger partial charge < -0.3 is 30.3 Å². The van der Waals surface area contributed by atoms with Crippen LogP contribution in [0, 0.1) is 40.9 Å². The van der Waals surface area contributed by atoms with Gasteiger partial charge in [0.1, 0.15) is 17.9 Å². The van der Waals surface area contributed by atoms with Crippen molar-refractivity contribution in [2.45, 2.75) is 70.9 Å². The lowest BCUT2D eigenvalue weighted by molar-refractivity contribution is -0.180. The van der Waals surface area contributed by atoms with Gasteiger partial charge in [0.15, 0.2) is 29.0 Å². The van der Waals surface area contributed by atoms with Crippen LogP contribution in [0.2, 0.25) is 0 Å². The molecule has 2 amide bonds. The highest BCUT2D eigenvalue weighted by molar-refractivity contribution is 5.98. The fourth-order valence-electron chi connectivity index (χ4n) is 4.41. The number of esters is 2. The third kappa shape index (κ3) is 7.06. The molecule has 2 aromatic rings. The smallest absolute Gasteiger partial charge is 0.348 e. The molecule has 1 aliphatic rings. The van der Waals surface area contributed by atoms with Crippen LogP contribution in [0.5, 0.6) is 5.75 Å². The fourth-order valence-corrected chi connectivity index (χ4v) is 4.41. The third-order valence-electron chi connectivity index (χ3n) is 7.33. The number of aliphatic hydroxyl groups is 1. The van der Waals surface area contributed by atoms with E-state index >= 15 is 0 Å². The van der Waals surface area contributed by atoms with Crippen LogP contribution in [0.3, 0.4) is 0 Å². The Balaban J connectivity index is 2.11. The second-order valence-corrected chi connectivity index (χ2v) is 10.4. The summed E-state index contributed by atoms with van der Waals surface area (Å²) < 4.78 is 81.5. The van der Waals surface area contributed by atoms with Gasteiger partial charge in [-0.1, -0.05) is 13.8 Å². The number of pyridine rings is 1. The van der Waals surface area contributed by atoms with Gasteiger partial charge in [0.25, 0.3) is 5.91 Å². The molecule has 1 fully saturated rings. The van der Waals surface area contributed by atoms with Crippen LogP contribution >= 0.6 is 0 Å². The van der Waals surface area contributed by atoms with E-state index in [1.165, 1.54) is 13.0 Å². The number of aromatic nitrogens is 1. The monoisotopic (exact) mass is 631 g/mol. The van der Waals surface area contributed by atoms with E-state index in [0.717, 1.165) is 19.2 Å². The maximum Gasteiger partial charge on any atom is 0.348 e. The zero-order chi connectivity index (χ0) is 33.0. The second kappa shape index (κ2) is 14.0. The Bertz CT molecular complexity index is 1420. The van der Waals surface area contributed by atoms with E-state index < -0.39 is 118 Å². The largest absolute Gasteiger partial charge is 0.505 e. The summed E-state index contributed by atoms with van der Waals surface area (Å²) in [6.45, 7) is 5.46. The molecule has 1 saturated heterocycles. The number of amides is 2. The van der Waals surface area contributed by atoms with Crippen LogP contribution in [0.1, 0.15) is 50.2 Å². The van der Waals surface area contributed by atoms with Gasteiger partial charge in [0.05, 0.1) is 18.1 Å². The Morgan fingerprint density at radius 3 is 2.18 bits per heavy atom. The molecule has 16 heteroatoms. The predicted octanol–water partition coefficient (Wildman–Crippen LogP) is 2.21. The highest BCUT2D eigenvalue weighted by atomic mass is 19.2. The van der Waals surface area contributed by atoms with Crippen molar-refractivity contribution >= 4 is 23.8 Å². The van der Waals surface area contributed by atoms with Crippen LogP contribution in [-0.4, -0.2) is 69.3 Å². The Labute approximate surface area is 247 Å². The lowest BCUT2D eigenvalue weighted by atomic mass is 9.91. The van der Waals surface area contributed by atoms with E-state index in [-0.39, 0.29) is 0 Å². The van der Waals surface area contributed by atoms with Gasteiger partial charge in [-0.25, -0.2) is 31.7 Å². The number of aliphatic hydroxyl groups excluding tert-OH is 1. The number of carbonyl (C=O) groups excluding carboxylic acids is 4. The Kier molecular flexibility index (Phi) is 10.8. The minimum atomic E-state index is -2.43. The van der Waals surface area contributed by atoms with E-state index in [0.29, 0.717) is 6.42 Å². The molecular weight excluding hydrogens is 601 g/mol. The van der Waals surface area contributed by atoms with Crippen LogP contribution in [0.15, 0.2) is 18.3 Å². The maximum atomic E-state index is 14.6. The zero-order valence-electron chi connectivity index (χ0n) is 23.9. The quantitative estimate of drug-likeness (QED) is 0.162. The van der Waals surface area contributed by atoms with Crippen LogP contribution < -0.4 is 10.6 Å². The first-order valence-corrected chi connectivity index (χ1v) is 13.4. The van der Waals surface area contributed by atoms with Crippen molar-refractivity contribution < 1.29 is 60.8 Å². The van der Waals surface area contributed by atoms with E-state index in [2.05, 4.69) is 15.6 Å². The summed E-state index contributed by atoms with van der Waals surface area (Å²) in [6, 6.07) is -1.34. The molecular formula is C28H30F5N3O8. The summed E-state index contributed by atoms with van der Waals surface area (Å²) in [6.07, 6.45) is -4.96. The number of benzene rings is 1. The maximum absolute atomic E-state index is 14.6. The average Bonchev–Trinajstić information content (AvgIpc) is 2.99. The molecule has 0 spiro atoms. The Hall–Kier alpha value is -4.34. The van der Waals surface area contributed by atoms with Crippen LogP contribution in [0.4, 0.5) is 22.0 Å². The zero-order valence-corrected chi connectivity index (χ0v) is 23.9. The molecule has 0 radical (unpaired) electrons. The molecule has 2 unspecified atom stereocenters. The number of aromatic hydroxyl groups is 1. The van der Waals surface area contributed by atoms with Gasteiger partial charge in [0, 0.05) is 24.1 Å². The molecule has 1 aliphatic heterocycles. The molecule has 11 nitrogen and oxygen atoms in total. The summed E-state index contributed by atoms with van der Waals surface area (Å²) in [4.78, 5) is 56.2. The number of rotatable bonds is 6. The third-order valence-corrected chi connectivity index (χ3v) is 7.33. The highest BCUT2D eigenvalue weighted by Gasteiger charge is 2.42. The predicted molar refractivity (Wildman–Crippen MR) is 139 cm³/mol. The molecule has 2 heterocycles. The molecule has 44 heavy (non-hydrogen) atoms. The number of hydrogen-bond donors (Lipinski definition) is 4. The molecule has 7 atom stereocenters. The Morgan fingerprint density at radius 2 is 1.61 bits per heavy atom. The molecule has 0 saturated carbocycles. The average molecular weight is 632 g/mol. The first-order valence-electron chi connectivity index (χ1n) is 13.4. The SMILES string of the molecule is CCC(C)C1OC(=O)[C@H](C)[C@H](O)[C@H](Cc2c(F)c(F)c(F)c(F)c2F)NC(=O)[C@@H](NC(=O)c2ncccc2O)[C@@H](C)OC1=O. The summed E-state index contributed by atoms with van der Waals surface area (Å²) in [5.41, 5.74) is -1.95. The second-order valence-electron chi connectivity index (χ2n) is 10.4. The molecule has 0 bridgehead atoms. The number of cyclic esters (lactones) is 2. The first kappa shape index (κ1) is 34.2. The Morgan fingerprint density at radius 1 is 1.02 bits per heavy atom. The molecule has 1 aromatic carbocycles. The van der Waals surface area contributed by atoms with Crippen molar-refractivity contribution in [3.05, 3.63) is 58.7 Å². The van der Waals surface area contributed by atoms with Gasteiger partial charge in [-0.15, -0.1) is 0 Å². The lowest BCUT2D eigenvalue weighted by Gasteiger charge is -2.34. The summed E-state index contributed by atoms with van der Waals surface area (Å²) in [7, 11) is 0. The van der Waals surface area contributed by atoms with Gasteiger partial charge in [-0.2, -0.15) is 0 Å². The number of carbonyl (C=O) groups is 4. The molecule has 1 aromatic heterocycles. The van der Waals surface area contributed by atoms with Crippen molar-refractivity contribution in [2.24, 2.45) is 11.8 Å². The van der Waals surface area contributed by atoms with E-state index in [9.17, 15) is 51.3 Å². The van der Waals surface area contributed by atoms with E-state index in [1.807, 2.05) is 0 Å². The van der Waals surface area contributed by atoms with Crippen molar-refractivity contribution in [2.75, 3.05) is 0 Å². The molecule has 240 valence electrons. The van der Waals surface area contributed by atoms with Crippen molar-refractivity contribution in [1.29, 1.82) is 0 Å². The lowest BCUT2D eigenvalue weighted by Crippen LogP contribution is -2.59. The van der Waals surface area contributed by atoms with Crippen LogP contribution in [-0.2, 0) is 30.3 Å². The number of nitrogens with one attached hydrogen (secondary N) is 2. The van der Waals surface area contributed by atoms with Crippen LogP contribution in [0.25, 0.3) is 0 Å². The summed E-state index contributed by atoms with van der Waals surface area (Å²) in [5, 5.41) is 25.5. The van der Waals surface area contributed by atoms with Gasteiger partial charge >= 0.3 is 11.9 Å². The highest BCUT2D eigenvalue weighted by Crippen LogP contribution is 2.27. The minimum Gasteiger partial charge on any atom is -0.505 e. The van der Waals surface area contributed by atoms with Crippen molar-refractivity contribution in [1.82, 2.24) is 15.6 Å². The van der Waals surface area contributed by atoms with Crippen molar-refractivity contribution in [3.63, 3.8) is 0 Å². The molecule has 3 rings (SSSR count). The van der Waals surface area contributed by atoms with E-state index in [4.69, 9.17) is 9.47 Å². The van der Waals surface area contributed by atoms with Gasteiger partial charge in [-0.05, 0) is 32.4 Å². The topological polar surface area (TPSA) is 164 Å². The van der Waals surface area contributed by atoms with E-state index in [1.54, 1.807) is 13.8 Å². The fraction of sp³-hybridized carbons (Fsp3) is 0.464. The number of nitrogens with zero attached hydrogens (tertiary/aromatic N) is 1. The minimum absolute atomic E-state index is 0.292. The number of halogens is 5. The molecule has 0 aliphatic carbocycles. The summed E-state index contributed by atoms with van der Waals surface area (Å²) >= 11 is 0. The normalized spacial score (nSPS) is 25.5. The molecule has 4 N–H and O–H groups in total. The van der Waals surface area contributed by atoms with Gasteiger partial charge in [-0.3, -0.25) is 14.4 Å². The number of ether oxygens (including phenoxy) is 2. The van der Waals surface area contributed by atoms with Crippen molar-refractivity contribution in [3.8, 4) is 5.75 Å². The number of hydrogen-bond acceptors (Lipinski definition) is 9.